The fourth-order valence-electron chi connectivity index (χ4n) is 3.98. The van der Waals surface area contributed by atoms with Gasteiger partial charge in [0.25, 0.3) is 0 Å². The van der Waals surface area contributed by atoms with Crippen molar-refractivity contribution in [3.05, 3.63) is 0 Å². The molecule has 1 heterocycles. The number of carboxylic acid groups (broad SMARTS) is 1. The first-order valence-corrected chi connectivity index (χ1v) is 7.87. The first kappa shape index (κ1) is 18.5. The van der Waals surface area contributed by atoms with Crippen molar-refractivity contribution in [1.82, 2.24) is 10.2 Å². The number of aliphatic carboxylic acids is 1. The number of rotatable bonds is 6. The number of nitrogens with zero attached hydrogens (tertiary/aromatic N) is 1. The molecule has 0 aromatic rings. The van der Waals surface area contributed by atoms with E-state index in [2.05, 4.69) is 10.2 Å². The van der Waals surface area contributed by atoms with Gasteiger partial charge in [-0.2, -0.15) is 0 Å². The van der Waals surface area contributed by atoms with Crippen LogP contribution in [0.4, 0.5) is 0 Å². The Bertz CT molecular complexity index is 322. The second kappa shape index (κ2) is 8.82. The second-order valence-corrected chi connectivity index (χ2v) is 6.14. The van der Waals surface area contributed by atoms with Gasteiger partial charge < -0.3 is 10.4 Å². The summed E-state index contributed by atoms with van der Waals surface area (Å²) in [6, 6.07) is 0. The summed E-state index contributed by atoms with van der Waals surface area (Å²) in [7, 11) is 0. The van der Waals surface area contributed by atoms with Gasteiger partial charge in [-0.1, -0.05) is 25.7 Å². The van der Waals surface area contributed by atoms with E-state index in [4.69, 9.17) is 0 Å². The first-order chi connectivity index (χ1) is 9.69. The van der Waals surface area contributed by atoms with Gasteiger partial charge in [-0.25, -0.2) is 0 Å². The molecule has 1 saturated heterocycles. The molecule has 0 aromatic heterocycles. The Hall–Kier alpha value is -0.503. The van der Waals surface area contributed by atoms with Gasteiger partial charge in [0.05, 0.1) is 6.42 Å². The number of amides is 1. The number of hydrogen-bond acceptors (Lipinski definition) is 3. The maximum absolute atomic E-state index is 11.4. The molecule has 2 rings (SSSR count). The number of hydrogen-bond donors (Lipinski definition) is 2. The van der Waals surface area contributed by atoms with Crippen molar-refractivity contribution >= 4 is 31.2 Å². The van der Waals surface area contributed by atoms with E-state index >= 15 is 0 Å². The van der Waals surface area contributed by atoms with Crippen LogP contribution in [0.5, 0.6) is 0 Å². The summed E-state index contributed by atoms with van der Waals surface area (Å²) < 4.78 is 0. The molecule has 0 spiro atoms. The minimum atomic E-state index is -0.824. The molecular weight excluding hydrogens is 263 g/mol. The maximum atomic E-state index is 11.4. The third-order valence-corrected chi connectivity index (χ3v) is 4.93. The van der Waals surface area contributed by atoms with Gasteiger partial charge in [0.1, 0.15) is 5.66 Å². The molecule has 21 heavy (non-hydrogen) atoms. The molecule has 0 aromatic carbocycles. The fourth-order valence-corrected chi connectivity index (χ4v) is 3.98. The summed E-state index contributed by atoms with van der Waals surface area (Å²) in [4.78, 5) is 24.8. The summed E-state index contributed by atoms with van der Waals surface area (Å²) in [5, 5.41) is 12.3. The van der Waals surface area contributed by atoms with E-state index in [9.17, 15) is 14.7 Å². The van der Waals surface area contributed by atoms with Gasteiger partial charge in [0.2, 0.25) is 6.41 Å². The molecule has 0 bridgehead atoms. The van der Waals surface area contributed by atoms with Crippen molar-refractivity contribution in [3.8, 4) is 0 Å². The van der Waals surface area contributed by atoms with E-state index in [0.29, 0.717) is 6.41 Å². The van der Waals surface area contributed by atoms with Crippen molar-refractivity contribution in [3.63, 3.8) is 0 Å². The zero-order valence-corrected chi connectivity index (χ0v) is 12.1. The Kier molecular flexibility index (Phi) is 7.79. The standard InChI is InChI=1S/C15H26N2O3.Li.H/c18-12-16-15(11-14(19)20,13-7-3-1-4-8-13)17-9-5-2-6-10-17;;/h12-13H,1-11H2,(H,16,18)(H,19,20);;. The van der Waals surface area contributed by atoms with E-state index in [0.717, 1.165) is 51.6 Å². The number of piperidine rings is 1. The molecule has 1 unspecified atom stereocenters. The monoisotopic (exact) mass is 290 g/mol. The Balaban J connectivity index is 0.00000220. The first-order valence-electron chi connectivity index (χ1n) is 7.87. The van der Waals surface area contributed by atoms with Crippen LogP contribution in [-0.2, 0) is 9.59 Å². The number of carboxylic acids is 1. The molecule has 2 fully saturated rings. The summed E-state index contributed by atoms with van der Waals surface area (Å²) >= 11 is 0. The molecule has 116 valence electrons. The number of carbonyl (C=O) groups is 2. The van der Waals surface area contributed by atoms with Crippen molar-refractivity contribution in [2.45, 2.75) is 63.5 Å². The van der Waals surface area contributed by atoms with Crippen LogP contribution < -0.4 is 5.32 Å². The average molecular weight is 290 g/mol. The van der Waals surface area contributed by atoms with Gasteiger partial charge in [-0.15, -0.1) is 0 Å². The van der Waals surface area contributed by atoms with E-state index < -0.39 is 11.6 Å². The fraction of sp³-hybridized carbons (Fsp3) is 0.867. The van der Waals surface area contributed by atoms with Crippen LogP contribution >= 0.6 is 0 Å². The normalized spacial score (nSPS) is 23.6. The van der Waals surface area contributed by atoms with Crippen LogP contribution in [0, 0.1) is 5.92 Å². The molecule has 2 N–H and O–H groups in total. The van der Waals surface area contributed by atoms with Gasteiger partial charge >= 0.3 is 24.8 Å². The molecule has 0 radical (unpaired) electrons. The average Bonchev–Trinajstić information content (AvgIpc) is 2.48. The number of likely N-dealkylation sites (tertiary alicyclic amines) is 1. The van der Waals surface area contributed by atoms with Crippen LogP contribution in [0.15, 0.2) is 0 Å². The van der Waals surface area contributed by atoms with E-state index in [1.807, 2.05) is 0 Å². The summed E-state index contributed by atoms with van der Waals surface area (Å²) in [5.41, 5.74) is -0.672. The summed E-state index contributed by atoms with van der Waals surface area (Å²) in [6.07, 6.45) is 9.63. The molecule has 1 amide bonds. The van der Waals surface area contributed by atoms with Crippen LogP contribution in [0.2, 0.25) is 0 Å². The van der Waals surface area contributed by atoms with Gasteiger partial charge in [0, 0.05) is 13.1 Å². The van der Waals surface area contributed by atoms with Crippen LogP contribution in [-0.4, -0.2) is 60.0 Å². The SMILES string of the molecule is O=CNC(CC(=O)O)(C1CCCCC1)N1CCCCC1.[LiH]. The molecule has 1 aliphatic heterocycles. The predicted molar refractivity (Wildman–Crippen MR) is 83.3 cm³/mol. The Labute approximate surface area is 139 Å². The quantitative estimate of drug-likeness (QED) is 0.572. The molecule has 2 aliphatic rings. The van der Waals surface area contributed by atoms with E-state index in [-0.39, 0.29) is 31.2 Å². The van der Waals surface area contributed by atoms with Gasteiger partial charge in [-0.05, 0) is 31.6 Å². The number of carbonyl (C=O) groups excluding carboxylic acids is 1. The van der Waals surface area contributed by atoms with Crippen molar-refractivity contribution < 1.29 is 14.7 Å². The van der Waals surface area contributed by atoms with Gasteiger partial charge in [-0.3, -0.25) is 14.5 Å². The Morgan fingerprint density at radius 1 is 1.14 bits per heavy atom. The molecule has 6 heteroatoms. The minimum absolute atomic E-state index is 0. The third-order valence-electron chi connectivity index (χ3n) is 4.93. The Morgan fingerprint density at radius 3 is 2.24 bits per heavy atom. The van der Waals surface area contributed by atoms with Crippen molar-refractivity contribution in [2.75, 3.05) is 13.1 Å². The molecule has 5 nitrogen and oxygen atoms in total. The van der Waals surface area contributed by atoms with E-state index in [1.165, 1.54) is 12.8 Å². The Morgan fingerprint density at radius 2 is 1.71 bits per heavy atom. The second-order valence-electron chi connectivity index (χ2n) is 6.14. The van der Waals surface area contributed by atoms with Crippen molar-refractivity contribution in [1.29, 1.82) is 0 Å². The molecule has 1 aliphatic carbocycles. The van der Waals surface area contributed by atoms with E-state index in [1.54, 1.807) is 0 Å². The predicted octanol–water partition coefficient (Wildman–Crippen LogP) is 1.32. The zero-order chi connectivity index (χ0) is 14.4. The van der Waals surface area contributed by atoms with Crippen LogP contribution in [0.1, 0.15) is 57.8 Å². The molecular formula is C15H27LiN2O3. The van der Waals surface area contributed by atoms with Crippen molar-refractivity contribution in [2.24, 2.45) is 5.92 Å². The number of nitrogens with one attached hydrogen (secondary N) is 1. The molecule has 1 saturated carbocycles. The summed E-state index contributed by atoms with van der Waals surface area (Å²) in [5.74, 6) is -0.564. The topological polar surface area (TPSA) is 69.6 Å². The van der Waals surface area contributed by atoms with Crippen LogP contribution in [0.3, 0.4) is 0 Å². The van der Waals surface area contributed by atoms with Gasteiger partial charge in [0.15, 0.2) is 0 Å². The zero-order valence-electron chi connectivity index (χ0n) is 12.1. The molecule has 1 atom stereocenters. The van der Waals surface area contributed by atoms with Crippen LogP contribution in [0.25, 0.3) is 0 Å². The summed E-state index contributed by atoms with van der Waals surface area (Å²) in [6.45, 7) is 1.79. The third kappa shape index (κ3) is 4.48.